The van der Waals surface area contributed by atoms with Crippen LogP contribution in [0.1, 0.15) is 18.1 Å². The van der Waals surface area contributed by atoms with Crippen molar-refractivity contribution in [2.75, 3.05) is 13.7 Å². The Labute approximate surface area is 130 Å². The van der Waals surface area contributed by atoms with Crippen LogP contribution in [0.3, 0.4) is 0 Å². The van der Waals surface area contributed by atoms with Gasteiger partial charge in [0.2, 0.25) is 0 Å². The molecule has 0 amide bonds. The SMILES string of the molecule is CCNCc1ccc(OCc2cccc(Cl)c2)c(OC)c1. The molecular weight excluding hydrogens is 286 g/mol. The molecule has 0 bridgehead atoms. The smallest absolute Gasteiger partial charge is 0.161 e. The molecule has 0 aliphatic rings. The van der Waals surface area contributed by atoms with Crippen molar-refractivity contribution >= 4 is 11.6 Å². The van der Waals surface area contributed by atoms with Crippen LogP contribution in [-0.2, 0) is 13.2 Å². The average Bonchev–Trinajstić information content (AvgIpc) is 2.51. The van der Waals surface area contributed by atoms with Crippen molar-refractivity contribution in [3.8, 4) is 11.5 Å². The van der Waals surface area contributed by atoms with Gasteiger partial charge in [0.1, 0.15) is 6.61 Å². The minimum Gasteiger partial charge on any atom is -0.493 e. The largest absolute Gasteiger partial charge is 0.493 e. The first kappa shape index (κ1) is 15.7. The molecule has 1 N–H and O–H groups in total. The van der Waals surface area contributed by atoms with E-state index in [-0.39, 0.29) is 0 Å². The second-order valence-corrected chi connectivity index (χ2v) is 5.12. The number of hydrogen-bond acceptors (Lipinski definition) is 3. The zero-order valence-corrected chi connectivity index (χ0v) is 13.1. The van der Waals surface area contributed by atoms with Crippen LogP contribution in [0.2, 0.25) is 5.02 Å². The summed E-state index contributed by atoms with van der Waals surface area (Å²) in [6, 6.07) is 13.6. The van der Waals surface area contributed by atoms with E-state index in [1.54, 1.807) is 7.11 Å². The number of hydrogen-bond donors (Lipinski definition) is 1. The molecule has 0 spiro atoms. The van der Waals surface area contributed by atoms with Gasteiger partial charge in [0, 0.05) is 11.6 Å². The van der Waals surface area contributed by atoms with E-state index in [1.807, 2.05) is 42.5 Å². The lowest BCUT2D eigenvalue weighted by Crippen LogP contribution is -2.11. The van der Waals surface area contributed by atoms with Gasteiger partial charge in [-0.1, -0.05) is 36.7 Å². The molecule has 0 unspecified atom stereocenters. The number of nitrogens with one attached hydrogen (secondary N) is 1. The van der Waals surface area contributed by atoms with Crippen molar-refractivity contribution in [3.63, 3.8) is 0 Å². The summed E-state index contributed by atoms with van der Waals surface area (Å²) < 4.78 is 11.2. The topological polar surface area (TPSA) is 30.5 Å². The molecule has 0 fully saturated rings. The Morgan fingerprint density at radius 3 is 2.62 bits per heavy atom. The Morgan fingerprint density at radius 2 is 1.90 bits per heavy atom. The van der Waals surface area contributed by atoms with E-state index in [0.29, 0.717) is 11.6 Å². The van der Waals surface area contributed by atoms with Crippen molar-refractivity contribution in [2.24, 2.45) is 0 Å². The van der Waals surface area contributed by atoms with Gasteiger partial charge < -0.3 is 14.8 Å². The summed E-state index contributed by atoms with van der Waals surface area (Å²) in [4.78, 5) is 0. The molecule has 0 atom stereocenters. The predicted molar refractivity (Wildman–Crippen MR) is 86.2 cm³/mol. The third-order valence-electron chi connectivity index (χ3n) is 3.09. The Hall–Kier alpha value is -1.71. The first-order valence-corrected chi connectivity index (χ1v) is 7.35. The molecule has 0 radical (unpaired) electrons. The number of rotatable bonds is 7. The lowest BCUT2D eigenvalue weighted by molar-refractivity contribution is 0.284. The van der Waals surface area contributed by atoms with Gasteiger partial charge in [-0.15, -0.1) is 0 Å². The molecule has 0 aromatic heterocycles. The van der Waals surface area contributed by atoms with Gasteiger partial charge in [-0.3, -0.25) is 0 Å². The summed E-state index contributed by atoms with van der Waals surface area (Å²) in [6.07, 6.45) is 0. The van der Waals surface area contributed by atoms with Crippen LogP contribution in [0.25, 0.3) is 0 Å². The molecule has 2 aromatic carbocycles. The van der Waals surface area contributed by atoms with Crippen LogP contribution in [-0.4, -0.2) is 13.7 Å². The van der Waals surface area contributed by atoms with E-state index in [9.17, 15) is 0 Å². The summed E-state index contributed by atoms with van der Waals surface area (Å²) in [5, 5.41) is 4.00. The van der Waals surface area contributed by atoms with Crippen molar-refractivity contribution < 1.29 is 9.47 Å². The fourth-order valence-corrected chi connectivity index (χ4v) is 2.21. The normalized spacial score (nSPS) is 10.4. The molecule has 0 heterocycles. The van der Waals surface area contributed by atoms with Gasteiger partial charge in [0.25, 0.3) is 0 Å². The standard InChI is InChI=1S/C17H20ClNO2/c1-3-19-11-13-7-8-16(17(10-13)20-2)21-12-14-5-4-6-15(18)9-14/h4-10,19H,3,11-12H2,1-2H3. The number of ether oxygens (including phenoxy) is 2. The molecular formula is C17H20ClNO2. The summed E-state index contributed by atoms with van der Waals surface area (Å²) in [6.45, 7) is 4.31. The zero-order valence-electron chi connectivity index (χ0n) is 12.4. The highest BCUT2D eigenvalue weighted by atomic mass is 35.5. The first-order chi connectivity index (χ1) is 10.2. The fourth-order valence-electron chi connectivity index (χ4n) is 2.00. The fraction of sp³-hybridized carbons (Fsp3) is 0.294. The maximum Gasteiger partial charge on any atom is 0.161 e. The Kier molecular flexibility index (Phi) is 5.90. The van der Waals surface area contributed by atoms with Gasteiger partial charge in [0.05, 0.1) is 7.11 Å². The predicted octanol–water partition coefficient (Wildman–Crippen LogP) is 4.04. The molecule has 112 valence electrons. The van der Waals surface area contributed by atoms with Crippen LogP contribution in [0, 0.1) is 0 Å². The average molecular weight is 306 g/mol. The Morgan fingerprint density at radius 1 is 1.05 bits per heavy atom. The molecule has 0 aliphatic heterocycles. The van der Waals surface area contributed by atoms with E-state index >= 15 is 0 Å². The van der Waals surface area contributed by atoms with Gasteiger partial charge >= 0.3 is 0 Å². The van der Waals surface area contributed by atoms with Gasteiger partial charge in [-0.25, -0.2) is 0 Å². The molecule has 2 rings (SSSR count). The third kappa shape index (κ3) is 4.66. The van der Waals surface area contributed by atoms with Crippen LogP contribution in [0.15, 0.2) is 42.5 Å². The highest BCUT2D eigenvalue weighted by molar-refractivity contribution is 6.30. The number of benzene rings is 2. The van der Waals surface area contributed by atoms with E-state index in [1.165, 1.54) is 5.56 Å². The third-order valence-corrected chi connectivity index (χ3v) is 3.33. The highest BCUT2D eigenvalue weighted by Gasteiger charge is 2.06. The van der Waals surface area contributed by atoms with Gasteiger partial charge in [0.15, 0.2) is 11.5 Å². The first-order valence-electron chi connectivity index (χ1n) is 6.97. The summed E-state index contributed by atoms with van der Waals surface area (Å²) in [5.74, 6) is 1.48. The lowest BCUT2D eigenvalue weighted by atomic mass is 10.2. The lowest BCUT2D eigenvalue weighted by Gasteiger charge is -2.12. The van der Waals surface area contributed by atoms with Crippen molar-refractivity contribution in [2.45, 2.75) is 20.1 Å². The monoisotopic (exact) mass is 305 g/mol. The van der Waals surface area contributed by atoms with Crippen LogP contribution in [0.5, 0.6) is 11.5 Å². The Bertz CT molecular complexity index is 587. The summed E-state index contributed by atoms with van der Waals surface area (Å²) in [5.41, 5.74) is 2.20. The molecule has 4 heteroatoms. The van der Waals surface area contributed by atoms with Gasteiger partial charge in [-0.2, -0.15) is 0 Å². The second-order valence-electron chi connectivity index (χ2n) is 4.68. The minimum absolute atomic E-state index is 0.462. The number of methoxy groups -OCH3 is 1. The molecule has 21 heavy (non-hydrogen) atoms. The van der Waals surface area contributed by atoms with E-state index < -0.39 is 0 Å². The van der Waals surface area contributed by atoms with Crippen LogP contribution >= 0.6 is 11.6 Å². The van der Waals surface area contributed by atoms with E-state index in [0.717, 1.165) is 30.2 Å². The van der Waals surface area contributed by atoms with E-state index in [2.05, 4.69) is 12.2 Å². The van der Waals surface area contributed by atoms with Crippen molar-refractivity contribution in [3.05, 3.63) is 58.6 Å². The van der Waals surface area contributed by atoms with Crippen LogP contribution < -0.4 is 14.8 Å². The molecule has 3 nitrogen and oxygen atoms in total. The van der Waals surface area contributed by atoms with Gasteiger partial charge in [-0.05, 0) is 41.9 Å². The molecule has 2 aromatic rings. The van der Waals surface area contributed by atoms with Crippen molar-refractivity contribution in [1.82, 2.24) is 5.32 Å². The maximum absolute atomic E-state index is 5.97. The molecule has 0 saturated carbocycles. The summed E-state index contributed by atoms with van der Waals surface area (Å²) >= 11 is 5.97. The molecule has 0 aliphatic carbocycles. The summed E-state index contributed by atoms with van der Waals surface area (Å²) in [7, 11) is 1.65. The van der Waals surface area contributed by atoms with Crippen LogP contribution in [0.4, 0.5) is 0 Å². The highest BCUT2D eigenvalue weighted by Crippen LogP contribution is 2.29. The zero-order chi connectivity index (χ0) is 15.1. The van der Waals surface area contributed by atoms with E-state index in [4.69, 9.17) is 21.1 Å². The maximum atomic E-state index is 5.97. The Balaban J connectivity index is 2.05. The second kappa shape index (κ2) is 7.91. The quantitative estimate of drug-likeness (QED) is 0.837. The van der Waals surface area contributed by atoms with Crippen molar-refractivity contribution in [1.29, 1.82) is 0 Å². The number of halogens is 1. The minimum atomic E-state index is 0.462. The molecule has 0 saturated heterocycles.